The van der Waals surface area contributed by atoms with Gasteiger partial charge in [-0.25, -0.2) is 4.79 Å². The van der Waals surface area contributed by atoms with Crippen molar-refractivity contribution in [3.8, 4) is 0 Å². The van der Waals surface area contributed by atoms with Gasteiger partial charge in [0, 0.05) is 19.1 Å². The van der Waals surface area contributed by atoms with E-state index in [9.17, 15) is 4.79 Å². The molecule has 2 atom stereocenters. The average molecular weight is 310 g/mol. The molecular weight excluding hydrogens is 276 g/mol. The van der Waals surface area contributed by atoms with E-state index in [-0.39, 0.29) is 6.09 Å². The van der Waals surface area contributed by atoms with E-state index < -0.39 is 5.60 Å². The Labute approximate surface area is 135 Å². The number of rotatable bonds is 6. The third kappa shape index (κ3) is 5.45. The summed E-state index contributed by atoms with van der Waals surface area (Å²) in [7, 11) is 0. The Balaban J connectivity index is 1.76. The third-order valence-corrected chi connectivity index (χ3v) is 5.26. The molecule has 2 unspecified atom stereocenters. The van der Waals surface area contributed by atoms with E-state index in [1.807, 2.05) is 20.8 Å². The summed E-state index contributed by atoms with van der Waals surface area (Å²) in [5.41, 5.74) is 0.161. The van der Waals surface area contributed by atoms with Crippen molar-refractivity contribution in [3.63, 3.8) is 0 Å². The molecule has 22 heavy (non-hydrogen) atoms. The van der Waals surface area contributed by atoms with Crippen LogP contribution in [-0.2, 0) is 4.74 Å². The van der Waals surface area contributed by atoms with Crippen molar-refractivity contribution in [2.45, 2.75) is 84.3 Å². The summed E-state index contributed by atoms with van der Waals surface area (Å²) in [5, 5.41) is 6.77. The van der Waals surface area contributed by atoms with Gasteiger partial charge < -0.3 is 15.4 Å². The first-order valence-corrected chi connectivity index (χ1v) is 9.04. The normalized spacial score (nSPS) is 27.3. The summed E-state index contributed by atoms with van der Waals surface area (Å²) < 4.78 is 5.34. The van der Waals surface area contributed by atoms with Crippen LogP contribution in [0.3, 0.4) is 0 Å². The number of nitrogens with one attached hydrogen (secondary N) is 2. The zero-order valence-electron chi connectivity index (χ0n) is 14.8. The van der Waals surface area contributed by atoms with E-state index in [4.69, 9.17) is 4.74 Å². The Morgan fingerprint density at radius 2 is 1.91 bits per heavy atom. The predicted molar refractivity (Wildman–Crippen MR) is 89.9 cm³/mol. The van der Waals surface area contributed by atoms with Gasteiger partial charge in [-0.3, -0.25) is 0 Å². The Bertz CT molecular complexity index is 372. The molecule has 0 saturated heterocycles. The minimum atomic E-state index is -0.423. The fraction of sp³-hybridized carbons (Fsp3) is 0.944. The molecule has 4 nitrogen and oxygen atoms in total. The second-order valence-corrected chi connectivity index (χ2v) is 8.27. The molecule has 0 aromatic heterocycles. The highest BCUT2D eigenvalue weighted by atomic mass is 16.6. The summed E-state index contributed by atoms with van der Waals surface area (Å²) in [6.07, 6.45) is 8.77. The highest BCUT2D eigenvalue weighted by molar-refractivity contribution is 5.67. The smallest absolute Gasteiger partial charge is 0.407 e. The summed E-state index contributed by atoms with van der Waals surface area (Å²) in [5.74, 6) is 0.536. The number of alkyl carbamates (subject to hydrolysis) is 1. The number of amides is 1. The maximum absolute atomic E-state index is 11.8. The number of carbonyl (C=O) groups excluding carboxylic acids is 1. The maximum atomic E-state index is 11.8. The monoisotopic (exact) mass is 310 g/mol. The second kappa shape index (κ2) is 7.20. The van der Waals surface area contributed by atoms with Gasteiger partial charge in [-0.05, 0) is 64.2 Å². The van der Waals surface area contributed by atoms with Crippen molar-refractivity contribution in [3.05, 3.63) is 0 Å². The Morgan fingerprint density at radius 3 is 2.50 bits per heavy atom. The van der Waals surface area contributed by atoms with E-state index >= 15 is 0 Å². The standard InChI is InChI=1S/C18H34N2O2/c1-5-18(10-11-18)13-20-15-9-7-6-8-14(15)12-19-16(21)22-17(2,3)4/h14-15,20H,5-13H2,1-4H3,(H,19,21). The molecule has 0 radical (unpaired) electrons. The van der Waals surface area contributed by atoms with Crippen LogP contribution >= 0.6 is 0 Å². The van der Waals surface area contributed by atoms with Crippen LogP contribution in [0.15, 0.2) is 0 Å². The molecule has 2 rings (SSSR count). The van der Waals surface area contributed by atoms with E-state index in [1.54, 1.807) is 0 Å². The quantitative estimate of drug-likeness (QED) is 0.783. The van der Waals surface area contributed by atoms with E-state index in [0.29, 0.717) is 17.4 Å². The van der Waals surface area contributed by atoms with E-state index in [1.165, 1.54) is 44.9 Å². The van der Waals surface area contributed by atoms with Crippen LogP contribution in [0.4, 0.5) is 4.79 Å². The fourth-order valence-electron chi connectivity index (χ4n) is 3.43. The van der Waals surface area contributed by atoms with Crippen molar-refractivity contribution < 1.29 is 9.53 Å². The number of hydrogen-bond acceptors (Lipinski definition) is 3. The Hall–Kier alpha value is -0.770. The maximum Gasteiger partial charge on any atom is 0.407 e. The molecule has 1 amide bonds. The lowest BCUT2D eigenvalue weighted by molar-refractivity contribution is 0.0510. The van der Waals surface area contributed by atoms with Crippen molar-refractivity contribution in [1.82, 2.24) is 10.6 Å². The van der Waals surface area contributed by atoms with Crippen LogP contribution in [0, 0.1) is 11.3 Å². The highest BCUT2D eigenvalue weighted by Crippen LogP contribution is 2.48. The lowest BCUT2D eigenvalue weighted by Gasteiger charge is -2.34. The zero-order valence-corrected chi connectivity index (χ0v) is 14.8. The van der Waals surface area contributed by atoms with Gasteiger partial charge in [-0.15, -0.1) is 0 Å². The van der Waals surface area contributed by atoms with Crippen molar-refractivity contribution >= 4 is 6.09 Å². The minimum Gasteiger partial charge on any atom is -0.444 e. The molecular formula is C18H34N2O2. The van der Waals surface area contributed by atoms with Crippen LogP contribution in [0.5, 0.6) is 0 Å². The van der Waals surface area contributed by atoms with Crippen LogP contribution in [0.25, 0.3) is 0 Å². The highest BCUT2D eigenvalue weighted by Gasteiger charge is 2.41. The van der Waals surface area contributed by atoms with Crippen molar-refractivity contribution in [1.29, 1.82) is 0 Å². The fourth-order valence-corrected chi connectivity index (χ4v) is 3.43. The van der Waals surface area contributed by atoms with Crippen LogP contribution < -0.4 is 10.6 Å². The van der Waals surface area contributed by atoms with Crippen molar-refractivity contribution in [2.24, 2.45) is 11.3 Å². The van der Waals surface area contributed by atoms with Gasteiger partial charge in [0.2, 0.25) is 0 Å². The number of ether oxygens (including phenoxy) is 1. The lowest BCUT2D eigenvalue weighted by Crippen LogP contribution is -2.46. The van der Waals surface area contributed by atoms with Gasteiger partial charge in [0.05, 0.1) is 0 Å². The van der Waals surface area contributed by atoms with Crippen LogP contribution in [0.1, 0.15) is 72.6 Å². The molecule has 2 aliphatic carbocycles. The molecule has 0 heterocycles. The molecule has 0 bridgehead atoms. The first-order valence-electron chi connectivity index (χ1n) is 9.04. The molecule has 4 heteroatoms. The summed E-state index contributed by atoms with van der Waals surface area (Å²) >= 11 is 0. The summed E-state index contributed by atoms with van der Waals surface area (Å²) in [6.45, 7) is 9.88. The van der Waals surface area contributed by atoms with E-state index in [0.717, 1.165) is 13.1 Å². The number of carbonyl (C=O) groups is 1. The molecule has 0 aromatic rings. The SMILES string of the molecule is CCC1(CNC2CCCCC2CNC(=O)OC(C)(C)C)CC1. The van der Waals surface area contributed by atoms with Crippen LogP contribution in [0.2, 0.25) is 0 Å². The average Bonchev–Trinajstić information content (AvgIpc) is 3.22. The predicted octanol–water partition coefficient (Wildman–Crippen LogP) is 3.85. The molecule has 2 N–H and O–H groups in total. The van der Waals surface area contributed by atoms with Crippen LogP contribution in [-0.4, -0.2) is 30.8 Å². The lowest BCUT2D eigenvalue weighted by atomic mass is 9.84. The van der Waals surface area contributed by atoms with Gasteiger partial charge in [-0.1, -0.05) is 19.8 Å². The van der Waals surface area contributed by atoms with Gasteiger partial charge in [0.15, 0.2) is 0 Å². The second-order valence-electron chi connectivity index (χ2n) is 8.27. The van der Waals surface area contributed by atoms with Gasteiger partial charge in [0.25, 0.3) is 0 Å². The zero-order chi connectivity index (χ0) is 16.2. The molecule has 2 fully saturated rings. The first-order chi connectivity index (χ1) is 10.3. The molecule has 2 aliphatic rings. The molecule has 0 aromatic carbocycles. The minimum absolute atomic E-state index is 0.288. The van der Waals surface area contributed by atoms with Gasteiger partial charge >= 0.3 is 6.09 Å². The summed E-state index contributed by atoms with van der Waals surface area (Å²) in [4.78, 5) is 11.8. The largest absolute Gasteiger partial charge is 0.444 e. The molecule has 2 saturated carbocycles. The Kier molecular flexibility index (Phi) is 5.76. The molecule has 0 spiro atoms. The molecule has 128 valence electrons. The Morgan fingerprint density at radius 1 is 1.23 bits per heavy atom. The number of hydrogen-bond donors (Lipinski definition) is 2. The van der Waals surface area contributed by atoms with E-state index in [2.05, 4.69) is 17.6 Å². The summed E-state index contributed by atoms with van der Waals surface area (Å²) in [6, 6.07) is 0.549. The van der Waals surface area contributed by atoms with Crippen molar-refractivity contribution in [2.75, 3.05) is 13.1 Å². The van der Waals surface area contributed by atoms with Gasteiger partial charge in [0.1, 0.15) is 5.60 Å². The first kappa shape index (κ1) is 17.6. The topological polar surface area (TPSA) is 50.4 Å². The third-order valence-electron chi connectivity index (χ3n) is 5.26. The van der Waals surface area contributed by atoms with Gasteiger partial charge in [-0.2, -0.15) is 0 Å². The molecule has 0 aliphatic heterocycles.